The minimum Gasteiger partial charge on any atom is -0.383 e. The second-order valence-electron chi connectivity index (χ2n) is 4.32. The third-order valence-corrected chi connectivity index (χ3v) is 4.17. The van der Waals surface area contributed by atoms with Gasteiger partial charge in [0.15, 0.2) is 0 Å². The van der Waals surface area contributed by atoms with Crippen LogP contribution in [0.15, 0.2) is 54.4 Å². The van der Waals surface area contributed by atoms with Crippen LogP contribution in [0.25, 0.3) is 0 Å². The van der Waals surface area contributed by atoms with Crippen molar-refractivity contribution >= 4 is 22.3 Å². The first-order valence-electron chi connectivity index (χ1n) is 6.38. The number of pyridine rings is 1. The summed E-state index contributed by atoms with van der Waals surface area (Å²) in [5, 5.41) is 10.9. The molecule has 0 aromatic carbocycles. The van der Waals surface area contributed by atoms with Crippen LogP contribution in [0.5, 0.6) is 0 Å². The van der Waals surface area contributed by atoms with Crippen molar-refractivity contribution in [2.24, 2.45) is 0 Å². The number of nitrogens with one attached hydrogen (secondary N) is 2. The first kappa shape index (κ1) is 16.8. The Balaban J connectivity index is 2.69. The molecular weight excluding hydrogens is 284 g/mol. The lowest BCUT2D eigenvalue weighted by Gasteiger charge is -2.10. The van der Waals surface area contributed by atoms with E-state index in [1.54, 1.807) is 37.5 Å². The van der Waals surface area contributed by atoms with E-state index in [0.717, 1.165) is 0 Å². The fourth-order valence-corrected chi connectivity index (χ4v) is 2.36. The summed E-state index contributed by atoms with van der Waals surface area (Å²) >= 11 is 0. The first-order chi connectivity index (χ1) is 9.97. The topological polar surface area (TPSA) is 91.9 Å². The van der Waals surface area contributed by atoms with E-state index in [1.165, 1.54) is 0 Å². The van der Waals surface area contributed by atoms with Crippen molar-refractivity contribution in [3.8, 4) is 0 Å². The smallest absolute Gasteiger partial charge is 0.132 e. The van der Waals surface area contributed by atoms with Gasteiger partial charge < -0.3 is 11.1 Å². The first-order valence-corrected chi connectivity index (χ1v) is 7.70. The molecule has 0 aliphatic carbocycles. The molecule has 0 radical (unpaired) electrons. The number of anilines is 1. The van der Waals surface area contributed by atoms with E-state index in [2.05, 4.69) is 23.5 Å². The maximum atomic E-state index is 11.9. The van der Waals surface area contributed by atoms with Crippen molar-refractivity contribution in [2.45, 2.75) is 13.3 Å². The number of nitrogens with zero attached hydrogens (tertiary/aromatic N) is 1. The van der Waals surface area contributed by atoms with Crippen LogP contribution in [0.3, 0.4) is 0 Å². The van der Waals surface area contributed by atoms with Crippen molar-refractivity contribution in [1.29, 1.82) is 5.41 Å². The molecule has 21 heavy (non-hydrogen) atoms. The Bertz CT molecular complexity index is 607. The molecule has 0 bridgehead atoms. The fourth-order valence-electron chi connectivity index (χ4n) is 1.47. The predicted octanol–water partition coefficient (Wildman–Crippen LogP) is 2.32. The van der Waals surface area contributed by atoms with E-state index in [4.69, 9.17) is 11.1 Å². The molecule has 1 aromatic heterocycles. The van der Waals surface area contributed by atoms with Crippen LogP contribution in [0.2, 0.25) is 0 Å². The maximum absolute atomic E-state index is 11.9. The van der Waals surface area contributed by atoms with Gasteiger partial charge in [0, 0.05) is 28.6 Å². The van der Waals surface area contributed by atoms with Gasteiger partial charge >= 0.3 is 0 Å². The number of allylic oxidation sites excluding steroid dienone is 3. The lowest BCUT2D eigenvalue weighted by atomic mass is 10.1. The van der Waals surface area contributed by atoms with Crippen molar-refractivity contribution in [1.82, 2.24) is 10.3 Å². The van der Waals surface area contributed by atoms with E-state index in [1.807, 2.05) is 0 Å². The summed E-state index contributed by atoms with van der Waals surface area (Å²) < 4.78 is 11.9. The second-order valence-corrected chi connectivity index (χ2v) is 6.06. The minimum absolute atomic E-state index is 0.154. The van der Waals surface area contributed by atoms with Crippen molar-refractivity contribution in [2.75, 3.05) is 11.5 Å². The van der Waals surface area contributed by atoms with Gasteiger partial charge in [-0.25, -0.2) is 4.98 Å². The van der Waals surface area contributed by atoms with Crippen LogP contribution in [-0.4, -0.2) is 20.7 Å². The highest BCUT2D eigenvalue weighted by molar-refractivity contribution is 7.88. The third-order valence-electron chi connectivity index (χ3n) is 2.73. The normalized spacial score (nSPS) is 12.5. The summed E-state index contributed by atoms with van der Waals surface area (Å²) in [4.78, 5) is 4.62. The molecule has 4 N–H and O–H groups in total. The van der Waals surface area contributed by atoms with Gasteiger partial charge in [-0.1, -0.05) is 12.7 Å². The van der Waals surface area contributed by atoms with E-state index in [0.29, 0.717) is 28.3 Å². The van der Waals surface area contributed by atoms with Crippen LogP contribution >= 0.6 is 0 Å². The Hall–Kier alpha value is -2.21. The molecule has 1 aromatic rings. The van der Waals surface area contributed by atoms with Crippen molar-refractivity contribution < 1.29 is 4.21 Å². The van der Waals surface area contributed by atoms with Gasteiger partial charge in [0.2, 0.25) is 0 Å². The Morgan fingerprint density at radius 3 is 2.95 bits per heavy atom. The predicted molar refractivity (Wildman–Crippen MR) is 89.3 cm³/mol. The van der Waals surface area contributed by atoms with Crippen LogP contribution in [-0.2, 0) is 10.8 Å². The number of nitrogens with two attached hydrogens (primary N) is 1. The van der Waals surface area contributed by atoms with Gasteiger partial charge in [-0.15, -0.1) is 6.58 Å². The molecule has 0 aliphatic heterocycles. The summed E-state index contributed by atoms with van der Waals surface area (Å²) in [5.74, 6) is 0.813. The van der Waals surface area contributed by atoms with E-state index < -0.39 is 10.8 Å². The Morgan fingerprint density at radius 2 is 2.33 bits per heavy atom. The quantitative estimate of drug-likeness (QED) is 0.507. The molecule has 6 heteroatoms. The minimum atomic E-state index is -1.06. The standard InChI is InChI=1S/C15H20N4OS/c1-4-5-9-21(20)11(2)10-19-12(3)14(16)13-7-6-8-18-15(13)17/h4,6-8,10,16,19H,1,3,5,9H2,2H3,(H2,17,18)/b11-10+,16-14?. The lowest BCUT2D eigenvalue weighted by molar-refractivity contribution is 0.686. The molecule has 0 saturated heterocycles. The summed E-state index contributed by atoms with van der Waals surface area (Å²) in [6, 6.07) is 3.41. The summed E-state index contributed by atoms with van der Waals surface area (Å²) in [7, 11) is -1.06. The molecule has 1 atom stereocenters. The number of rotatable bonds is 8. The van der Waals surface area contributed by atoms with Gasteiger partial charge in [0.25, 0.3) is 0 Å². The number of hydrogen-bond acceptors (Lipinski definition) is 5. The van der Waals surface area contributed by atoms with Crippen LogP contribution in [0.4, 0.5) is 5.82 Å². The van der Waals surface area contributed by atoms with E-state index >= 15 is 0 Å². The number of aromatic nitrogens is 1. The van der Waals surface area contributed by atoms with Crippen LogP contribution < -0.4 is 11.1 Å². The molecule has 0 amide bonds. The zero-order chi connectivity index (χ0) is 15.8. The zero-order valence-corrected chi connectivity index (χ0v) is 12.9. The molecule has 0 fully saturated rings. The maximum Gasteiger partial charge on any atom is 0.132 e. The van der Waals surface area contributed by atoms with E-state index in [9.17, 15) is 4.21 Å². The summed E-state index contributed by atoms with van der Waals surface area (Å²) in [5.41, 5.74) is 6.76. The molecule has 1 unspecified atom stereocenters. The summed E-state index contributed by atoms with van der Waals surface area (Å²) in [6.07, 6.45) is 5.59. The molecule has 0 saturated carbocycles. The van der Waals surface area contributed by atoms with Crippen LogP contribution in [0, 0.1) is 5.41 Å². The SMILES string of the molecule is C=CCCS(=O)/C(C)=C/NC(=C)C(=N)c1cccnc1N. The van der Waals surface area contributed by atoms with Gasteiger partial charge in [0.1, 0.15) is 5.82 Å². The Labute approximate surface area is 127 Å². The van der Waals surface area contributed by atoms with Gasteiger partial charge in [0.05, 0.1) is 22.2 Å². The molecular formula is C15H20N4OS. The fraction of sp³-hybridized carbons (Fsp3) is 0.200. The molecule has 112 valence electrons. The zero-order valence-electron chi connectivity index (χ0n) is 12.1. The van der Waals surface area contributed by atoms with E-state index in [-0.39, 0.29) is 11.5 Å². The second kappa shape index (κ2) is 8.16. The number of hydrogen-bond donors (Lipinski definition) is 3. The molecule has 0 spiro atoms. The molecule has 1 rings (SSSR count). The summed E-state index contributed by atoms with van der Waals surface area (Å²) in [6.45, 7) is 9.15. The molecule has 5 nitrogen and oxygen atoms in total. The number of nitrogen functional groups attached to an aromatic ring is 1. The van der Waals surface area contributed by atoms with Gasteiger partial charge in [-0.05, 0) is 25.5 Å². The largest absolute Gasteiger partial charge is 0.383 e. The molecule has 1 heterocycles. The Morgan fingerprint density at radius 1 is 1.62 bits per heavy atom. The van der Waals surface area contributed by atoms with Gasteiger partial charge in [-0.2, -0.15) is 0 Å². The highest BCUT2D eigenvalue weighted by Crippen LogP contribution is 2.11. The van der Waals surface area contributed by atoms with Crippen molar-refractivity contribution in [3.63, 3.8) is 0 Å². The highest BCUT2D eigenvalue weighted by Gasteiger charge is 2.09. The average molecular weight is 304 g/mol. The van der Waals surface area contributed by atoms with Gasteiger partial charge in [-0.3, -0.25) is 9.62 Å². The molecule has 0 aliphatic rings. The monoisotopic (exact) mass is 304 g/mol. The van der Waals surface area contributed by atoms with Crippen LogP contribution in [0.1, 0.15) is 18.9 Å². The average Bonchev–Trinajstić information content (AvgIpc) is 2.49. The van der Waals surface area contributed by atoms with Crippen molar-refractivity contribution in [3.05, 3.63) is 59.9 Å². The third kappa shape index (κ3) is 5.00. The lowest BCUT2D eigenvalue weighted by Crippen LogP contribution is -2.17. The highest BCUT2D eigenvalue weighted by atomic mass is 32.2. The Kier molecular flexibility index (Phi) is 6.55.